The summed E-state index contributed by atoms with van der Waals surface area (Å²) in [4.78, 5) is 0. The van der Waals surface area contributed by atoms with Crippen molar-refractivity contribution in [3.8, 4) is 11.5 Å². The Hall–Kier alpha value is -1.18. The van der Waals surface area contributed by atoms with Gasteiger partial charge in [-0.3, -0.25) is 0 Å². The van der Waals surface area contributed by atoms with E-state index in [1.165, 1.54) is 0 Å². The normalized spacial score (nSPS) is 9.50. The Kier molecular flexibility index (Phi) is 3.45. The molecule has 0 unspecified atom stereocenters. The smallest absolute Gasteiger partial charge is 0.161 e. The number of para-hydroxylation sites is 2. The summed E-state index contributed by atoms with van der Waals surface area (Å²) in [5.74, 6) is 1.56. The molecule has 65 valence electrons. The summed E-state index contributed by atoms with van der Waals surface area (Å²) in [6.45, 7) is 6.08. The molecule has 0 aromatic heterocycles. The first-order valence-electron chi connectivity index (χ1n) is 4.04. The fourth-order valence-corrected chi connectivity index (χ4v) is 0.949. The van der Waals surface area contributed by atoms with Crippen molar-refractivity contribution in [3.63, 3.8) is 0 Å². The van der Waals surface area contributed by atoms with Gasteiger partial charge in [0.2, 0.25) is 0 Å². The Morgan fingerprint density at radius 1 is 1.25 bits per heavy atom. The van der Waals surface area contributed by atoms with Crippen molar-refractivity contribution in [1.82, 2.24) is 0 Å². The monoisotopic (exact) mass is 165 g/mol. The molecule has 0 aliphatic carbocycles. The minimum absolute atomic E-state index is 0.657. The molecule has 0 aliphatic rings. The Morgan fingerprint density at radius 2 is 1.92 bits per heavy atom. The Morgan fingerprint density at radius 3 is 2.50 bits per heavy atom. The molecule has 0 fully saturated rings. The maximum absolute atomic E-state index is 5.34. The average Bonchev–Trinajstić information content (AvgIpc) is 2.09. The van der Waals surface area contributed by atoms with E-state index in [-0.39, 0.29) is 0 Å². The molecular weight excluding hydrogens is 152 g/mol. The van der Waals surface area contributed by atoms with Crippen molar-refractivity contribution < 1.29 is 9.47 Å². The predicted octanol–water partition coefficient (Wildman–Crippen LogP) is 2.65. The Bertz CT molecular complexity index is 208. The number of hydrogen-bond donors (Lipinski definition) is 0. The van der Waals surface area contributed by atoms with Crippen molar-refractivity contribution in [1.29, 1.82) is 0 Å². The van der Waals surface area contributed by atoms with Gasteiger partial charge in [-0.2, -0.15) is 0 Å². The molecule has 0 N–H and O–H groups in total. The zero-order valence-corrected chi connectivity index (χ0v) is 7.41. The number of rotatable bonds is 4. The van der Waals surface area contributed by atoms with Crippen LogP contribution in [-0.4, -0.2) is 6.61 Å². The second-order valence-electron chi connectivity index (χ2n) is 2.23. The zero-order valence-electron chi connectivity index (χ0n) is 7.41. The molecule has 0 amide bonds. The Labute approximate surface area is 73.1 Å². The number of hydrogen-bond acceptors (Lipinski definition) is 2. The van der Waals surface area contributed by atoms with Crippen LogP contribution in [0.2, 0.25) is 0 Å². The maximum Gasteiger partial charge on any atom is 0.161 e. The Balaban J connectivity index is 2.77. The van der Waals surface area contributed by atoms with Crippen LogP contribution in [0.25, 0.3) is 0 Å². The quantitative estimate of drug-likeness (QED) is 0.682. The summed E-state index contributed by atoms with van der Waals surface area (Å²) in [5.41, 5.74) is 0. The van der Waals surface area contributed by atoms with E-state index < -0.39 is 0 Å². The first-order valence-corrected chi connectivity index (χ1v) is 4.04. The fraction of sp³-hybridized carbons (Fsp3) is 0.300. The van der Waals surface area contributed by atoms with E-state index >= 15 is 0 Å². The fourth-order valence-electron chi connectivity index (χ4n) is 0.949. The van der Waals surface area contributed by atoms with E-state index in [1.807, 2.05) is 38.1 Å². The molecule has 0 bridgehead atoms. The molecule has 0 aliphatic heterocycles. The highest BCUT2D eigenvalue weighted by atomic mass is 16.5. The molecule has 1 aromatic carbocycles. The van der Waals surface area contributed by atoms with Gasteiger partial charge in [0.25, 0.3) is 0 Å². The van der Waals surface area contributed by atoms with E-state index in [0.717, 1.165) is 11.5 Å². The highest BCUT2D eigenvalue weighted by Crippen LogP contribution is 2.26. The number of ether oxygens (including phenoxy) is 2. The van der Waals surface area contributed by atoms with Gasteiger partial charge < -0.3 is 9.47 Å². The second-order valence-corrected chi connectivity index (χ2v) is 2.23. The van der Waals surface area contributed by atoms with E-state index in [1.54, 1.807) is 6.61 Å². The summed E-state index contributed by atoms with van der Waals surface area (Å²) in [6, 6.07) is 7.61. The van der Waals surface area contributed by atoms with Gasteiger partial charge in [0.05, 0.1) is 6.61 Å². The van der Waals surface area contributed by atoms with Crippen LogP contribution < -0.4 is 9.47 Å². The molecular formula is C10H13O2. The molecule has 0 saturated carbocycles. The lowest BCUT2D eigenvalue weighted by atomic mass is 10.3. The van der Waals surface area contributed by atoms with Gasteiger partial charge in [-0.25, -0.2) is 0 Å². The van der Waals surface area contributed by atoms with Gasteiger partial charge in [0, 0.05) is 0 Å². The van der Waals surface area contributed by atoms with Crippen LogP contribution in [0.4, 0.5) is 0 Å². The lowest BCUT2D eigenvalue weighted by molar-refractivity contribution is 0.312. The topological polar surface area (TPSA) is 18.5 Å². The summed E-state index contributed by atoms with van der Waals surface area (Å²) in [7, 11) is 0. The van der Waals surface area contributed by atoms with Crippen molar-refractivity contribution in [2.75, 3.05) is 6.61 Å². The third-order valence-electron chi connectivity index (χ3n) is 1.39. The van der Waals surface area contributed by atoms with Gasteiger partial charge in [-0.1, -0.05) is 12.1 Å². The molecule has 0 heterocycles. The van der Waals surface area contributed by atoms with E-state index in [4.69, 9.17) is 9.47 Å². The van der Waals surface area contributed by atoms with Crippen LogP contribution in [0, 0.1) is 6.61 Å². The largest absolute Gasteiger partial charge is 0.490 e. The highest BCUT2D eigenvalue weighted by Gasteiger charge is 2.00. The van der Waals surface area contributed by atoms with Crippen LogP contribution in [0.15, 0.2) is 24.3 Å². The maximum atomic E-state index is 5.34. The SMILES string of the molecule is C[CH]Oc1ccccc1OCC. The van der Waals surface area contributed by atoms with Crippen LogP contribution in [0.1, 0.15) is 13.8 Å². The highest BCUT2D eigenvalue weighted by molar-refractivity contribution is 5.39. The summed E-state index contributed by atoms with van der Waals surface area (Å²) in [6.07, 6.45) is 0. The van der Waals surface area contributed by atoms with E-state index in [2.05, 4.69) is 0 Å². The van der Waals surface area contributed by atoms with Crippen LogP contribution in [0.3, 0.4) is 0 Å². The van der Waals surface area contributed by atoms with Crippen LogP contribution in [-0.2, 0) is 0 Å². The standard InChI is InChI=1S/C10H13O2/c1-3-11-9-7-5-6-8-10(9)12-4-2/h3,5-8H,4H2,1-2H3. The third-order valence-corrected chi connectivity index (χ3v) is 1.39. The third kappa shape index (κ3) is 2.16. The molecule has 1 rings (SSSR count). The minimum atomic E-state index is 0.657. The van der Waals surface area contributed by atoms with Gasteiger partial charge in [-0.05, 0) is 26.0 Å². The molecule has 2 nitrogen and oxygen atoms in total. The van der Waals surface area contributed by atoms with Crippen molar-refractivity contribution in [2.45, 2.75) is 13.8 Å². The summed E-state index contributed by atoms with van der Waals surface area (Å²) < 4.78 is 10.6. The van der Waals surface area contributed by atoms with Gasteiger partial charge in [0.15, 0.2) is 11.5 Å². The van der Waals surface area contributed by atoms with Gasteiger partial charge in [-0.15, -0.1) is 0 Å². The number of benzene rings is 1. The molecule has 2 heteroatoms. The molecule has 0 spiro atoms. The lowest BCUT2D eigenvalue weighted by Crippen LogP contribution is -1.95. The summed E-state index contributed by atoms with van der Waals surface area (Å²) in [5, 5.41) is 0. The second kappa shape index (κ2) is 4.65. The average molecular weight is 165 g/mol. The van der Waals surface area contributed by atoms with Crippen molar-refractivity contribution in [2.24, 2.45) is 0 Å². The molecule has 0 atom stereocenters. The first-order chi connectivity index (χ1) is 5.88. The van der Waals surface area contributed by atoms with Crippen molar-refractivity contribution in [3.05, 3.63) is 30.9 Å². The van der Waals surface area contributed by atoms with Crippen LogP contribution in [0.5, 0.6) is 11.5 Å². The molecule has 1 radical (unpaired) electrons. The van der Waals surface area contributed by atoms with E-state index in [0.29, 0.717) is 6.61 Å². The van der Waals surface area contributed by atoms with Gasteiger partial charge >= 0.3 is 0 Å². The van der Waals surface area contributed by atoms with E-state index in [9.17, 15) is 0 Å². The first kappa shape index (κ1) is 8.91. The molecule has 1 aromatic rings. The van der Waals surface area contributed by atoms with Crippen molar-refractivity contribution >= 4 is 0 Å². The van der Waals surface area contributed by atoms with Crippen LogP contribution >= 0.6 is 0 Å². The predicted molar refractivity (Wildman–Crippen MR) is 48.2 cm³/mol. The van der Waals surface area contributed by atoms with Gasteiger partial charge in [0.1, 0.15) is 6.61 Å². The zero-order chi connectivity index (χ0) is 8.81. The molecule has 0 saturated heterocycles. The molecule has 12 heavy (non-hydrogen) atoms. The minimum Gasteiger partial charge on any atom is -0.490 e. The lowest BCUT2D eigenvalue weighted by Gasteiger charge is -2.08. The summed E-state index contributed by atoms with van der Waals surface area (Å²) >= 11 is 0.